The van der Waals surface area contributed by atoms with E-state index < -0.39 is 18.5 Å². The number of amides is 1. The number of nitrogens with zero attached hydrogens (tertiary/aromatic N) is 3. The van der Waals surface area contributed by atoms with E-state index in [1.165, 1.54) is 29.1 Å². The van der Waals surface area contributed by atoms with Crippen LogP contribution in [0.2, 0.25) is 5.02 Å². The average molecular weight is 403 g/mol. The Kier molecular flexibility index (Phi) is 6.10. The molecule has 27 heavy (non-hydrogen) atoms. The molecule has 7 nitrogen and oxygen atoms in total. The van der Waals surface area contributed by atoms with Crippen LogP contribution in [-0.2, 0) is 9.53 Å². The number of hydrogen-bond acceptors (Lipinski definition) is 6. The molecule has 0 aliphatic rings. The monoisotopic (exact) mass is 402 g/mol. The third-order valence-corrected chi connectivity index (χ3v) is 4.59. The van der Waals surface area contributed by atoms with Crippen molar-refractivity contribution in [1.82, 2.24) is 14.8 Å². The summed E-state index contributed by atoms with van der Waals surface area (Å²) in [6.07, 6.45) is 4.74. The zero-order valence-corrected chi connectivity index (χ0v) is 15.8. The maximum absolute atomic E-state index is 12.3. The Morgan fingerprint density at radius 1 is 1.26 bits per heavy atom. The number of rotatable bonds is 6. The van der Waals surface area contributed by atoms with Gasteiger partial charge in [0, 0.05) is 9.92 Å². The lowest BCUT2D eigenvalue weighted by Gasteiger charge is -2.12. The van der Waals surface area contributed by atoms with Gasteiger partial charge < -0.3 is 10.1 Å². The van der Waals surface area contributed by atoms with Gasteiger partial charge in [-0.05, 0) is 36.6 Å². The molecule has 3 aromatic rings. The summed E-state index contributed by atoms with van der Waals surface area (Å²) >= 11 is 7.45. The van der Waals surface area contributed by atoms with Crippen LogP contribution in [0.3, 0.4) is 0 Å². The van der Waals surface area contributed by atoms with Crippen LogP contribution in [0.1, 0.15) is 10.4 Å². The summed E-state index contributed by atoms with van der Waals surface area (Å²) in [7, 11) is 0. The molecule has 3 rings (SSSR count). The second-order valence-corrected chi connectivity index (χ2v) is 6.61. The second kappa shape index (κ2) is 8.70. The molecule has 0 atom stereocenters. The van der Waals surface area contributed by atoms with Crippen molar-refractivity contribution in [2.24, 2.45) is 0 Å². The standard InChI is InChI=1S/C18H15ClN4O3S/c1-27-16-5-3-2-4-13(16)18(25)26-9-17(24)22-14-8-12(19)6-7-15(14)23-11-20-10-21-23/h2-8,10-11H,9H2,1H3,(H,22,24). The Hall–Kier alpha value is -2.84. The molecule has 0 saturated carbocycles. The average Bonchev–Trinajstić information content (AvgIpc) is 3.20. The van der Waals surface area contributed by atoms with Gasteiger partial charge in [-0.1, -0.05) is 23.7 Å². The van der Waals surface area contributed by atoms with Gasteiger partial charge in [-0.25, -0.2) is 14.5 Å². The maximum Gasteiger partial charge on any atom is 0.339 e. The van der Waals surface area contributed by atoms with Crippen molar-refractivity contribution in [3.63, 3.8) is 0 Å². The number of carbonyl (C=O) groups is 2. The molecule has 1 aromatic heterocycles. The van der Waals surface area contributed by atoms with Crippen molar-refractivity contribution in [2.45, 2.75) is 4.90 Å². The van der Waals surface area contributed by atoms with Gasteiger partial charge in [0.05, 0.1) is 16.9 Å². The minimum atomic E-state index is -0.558. The van der Waals surface area contributed by atoms with Crippen molar-refractivity contribution < 1.29 is 14.3 Å². The SMILES string of the molecule is CSc1ccccc1C(=O)OCC(=O)Nc1cc(Cl)ccc1-n1cncn1. The largest absolute Gasteiger partial charge is 0.452 e. The van der Waals surface area contributed by atoms with Crippen molar-refractivity contribution in [2.75, 3.05) is 18.2 Å². The number of halogens is 1. The van der Waals surface area contributed by atoms with E-state index in [4.69, 9.17) is 16.3 Å². The van der Waals surface area contributed by atoms with Gasteiger partial charge in [-0.15, -0.1) is 11.8 Å². The first-order valence-corrected chi connectivity index (χ1v) is 9.43. The van der Waals surface area contributed by atoms with E-state index in [9.17, 15) is 9.59 Å². The van der Waals surface area contributed by atoms with Crippen LogP contribution in [0.4, 0.5) is 5.69 Å². The van der Waals surface area contributed by atoms with Crippen LogP contribution in [0.15, 0.2) is 60.0 Å². The highest BCUT2D eigenvalue weighted by atomic mass is 35.5. The minimum absolute atomic E-state index is 0.420. The second-order valence-electron chi connectivity index (χ2n) is 5.33. The van der Waals surface area contributed by atoms with Crippen LogP contribution >= 0.6 is 23.4 Å². The molecule has 0 saturated heterocycles. The maximum atomic E-state index is 12.3. The first kappa shape index (κ1) is 18.9. The fraction of sp³-hybridized carbons (Fsp3) is 0.111. The summed E-state index contributed by atoms with van der Waals surface area (Å²) in [6, 6.07) is 12.0. The van der Waals surface area contributed by atoms with Gasteiger partial charge in [0.1, 0.15) is 12.7 Å². The summed E-state index contributed by atoms with van der Waals surface area (Å²) < 4.78 is 6.63. The van der Waals surface area contributed by atoms with Crippen molar-refractivity contribution in [3.8, 4) is 5.69 Å². The Labute approximate surface area is 164 Å². The zero-order valence-electron chi connectivity index (χ0n) is 14.3. The lowest BCUT2D eigenvalue weighted by Crippen LogP contribution is -2.22. The third-order valence-electron chi connectivity index (χ3n) is 3.56. The number of anilines is 1. The van der Waals surface area contributed by atoms with E-state index in [1.54, 1.807) is 30.3 Å². The number of esters is 1. The molecule has 0 aliphatic heterocycles. The van der Waals surface area contributed by atoms with E-state index in [1.807, 2.05) is 18.4 Å². The molecule has 0 unspecified atom stereocenters. The first-order chi connectivity index (χ1) is 13.1. The highest BCUT2D eigenvalue weighted by Gasteiger charge is 2.15. The fourth-order valence-electron chi connectivity index (χ4n) is 2.35. The van der Waals surface area contributed by atoms with Gasteiger partial charge in [-0.3, -0.25) is 4.79 Å². The van der Waals surface area contributed by atoms with Crippen LogP contribution in [0.5, 0.6) is 0 Å². The summed E-state index contributed by atoms with van der Waals surface area (Å²) in [5.41, 5.74) is 1.44. The molecule has 2 aromatic carbocycles. The van der Waals surface area contributed by atoms with Gasteiger partial charge in [0.25, 0.3) is 5.91 Å². The van der Waals surface area contributed by atoms with E-state index in [2.05, 4.69) is 15.4 Å². The quantitative estimate of drug-likeness (QED) is 0.502. The van der Waals surface area contributed by atoms with Gasteiger partial charge in [-0.2, -0.15) is 5.10 Å². The predicted molar refractivity (Wildman–Crippen MR) is 104 cm³/mol. The Balaban J connectivity index is 1.68. The molecule has 1 N–H and O–H groups in total. The third kappa shape index (κ3) is 4.66. The highest BCUT2D eigenvalue weighted by molar-refractivity contribution is 7.98. The smallest absolute Gasteiger partial charge is 0.339 e. The van der Waals surface area contributed by atoms with Crippen LogP contribution in [0, 0.1) is 0 Å². The van der Waals surface area contributed by atoms with E-state index >= 15 is 0 Å². The number of carbonyl (C=O) groups excluding carboxylic acids is 2. The van der Waals surface area contributed by atoms with Crippen LogP contribution in [0.25, 0.3) is 5.69 Å². The van der Waals surface area contributed by atoms with E-state index in [0.29, 0.717) is 22.0 Å². The van der Waals surface area contributed by atoms with Gasteiger partial charge in [0.15, 0.2) is 6.61 Å². The number of ether oxygens (including phenoxy) is 1. The number of thioether (sulfide) groups is 1. The van der Waals surface area contributed by atoms with Crippen LogP contribution in [-0.4, -0.2) is 39.5 Å². The Morgan fingerprint density at radius 3 is 2.81 bits per heavy atom. The molecule has 9 heteroatoms. The molecule has 138 valence electrons. The normalized spacial score (nSPS) is 10.4. The van der Waals surface area contributed by atoms with Crippen molar-refractivity contribution in [3.05, 3.63) is 65.7 Å². The minimum Gasteiger partial charge on any atom is -0.452 e. The Bertz CT molecular complexity index is 963. The summed E-state index contributed by atoms with van der Waals surface area (Å²) in [5.74, 6) is -1.05. The molecular weight excluding hydrogens is 388 g/mol. The van der Waals surface area contributed by atoms with Crippen LogP contribution < -0.4 is 5.32 Å². The van der Waals surface area contributed by atoms with Crippen molar-refractivity contribution in [1.29, 1.82) is 0 Å². The highest BCUT2D eigenvalue weighted by Crippen LogP contribution is 2.24. The number of nitrogens with one attached hydrogen (secondary N) is 1. The molecular formula is C18H15ClN4O3S. The lowest BCUT2D eigenvalue weighted by atomic mass is 10.2. The molecule has 0 radical (unpaired) electrons. The first-order valence-electron chi connectivity index (χ1n) is 7.83. The topological polar surface area (TPSA) is 86.1 Å². The fourth-order valence-corrected chi connectivity index (χ4v) is 3.11. The number of aromatic nitrogens is 3. The van der Waals surface area contributed by atoms with Gasteiger partial charge in [0.2, 0.25) is 0 Å². The van der Waals surface area contributed by atoms with E-state index in [0.717, 1.165) is 4.90 Å². The molecule has 0 spiro atoms. The molecule has 0 aliphatic carbocycles. The Morgan fingerprint density at radius 2 is 2.07 bits per heavy atom. The predicted octanol–water partition coefficient (Wildman–Crippen LogP) is 3.44. The van der Waals surface area contributed by atoms with Gasteiger partial charge >= 0.3 is 5.97 Å². The summed E-state index contributed by atoms with van der Waals surface area (Å²) in [5, 5.41) is 7.17. The molecule has 1 amide bonds. The summed E-state index contributed by atoms with van der Waals surface area (Å²) in [6.45, 7) is -0.426. The van der Waals surface area contributed by atoms with Crippen molar-refractivity contribution >= 4 is 40.9 Å². The number of hydrogen-bond donors (Lipinski definition) is 1. The number of benzene rings is 2. The zero-order chi connectivity index (χ0) is 19.2. The summed E-state index contributed by atoms with van der Waals surface area (Å²) in [4.78, 5) is 29.2. The van der Waals surface area contributed by atoms with E-state index in [-0.39, 0.29) is 0 Å². The molecule has 1 heterocycles. The molecule has 0 fully saturated rings. The molecule has 0 bridgehead atoms. The lowest BCUT2D eigenvalue weighted by molar-refractivity contribution is -0.119.